The maximum atomic E-state index is 13.4. The van der Waals surface area contributed by atoms with Gasteiger partial charge >= 0.3 is 5.97 Å². The average molecular weight is 279 g/mol. The first-order valence-electron chi connectivity index (χ1n) is 6.15. The van der Waals surface area contributed by atoms with E-state index in [1.807, 2.05) is 0 Å². The molecule has 1 aromatic heterocycles. The molecule has 6 heteroatoms. The highest BCUT2D eigenvalue weighted by Crippen LogP contribution is 2.37. The van der Waals surface area contributed by atoms with E-state index in [9.17, 15) is 18.4 Å². The fraction of sp³-hybridized carbons (Fsp3) is 0.286. The van der Waals surface area contributed by atoms with E-state index in [2.05, 4.69) is 4.74 Å². The smallest absolute Gasteiger partial charge is 0.343 e. The summed E-state index contributed by atoms with van der Waals surface area (Å²) in [4.78, 5) is 23.8. The van der Waals surface area contributed by atoms with Gasteiger partial charge in [0.15, 0.2) is 11.6 Å². The number of ether oxygens (including phenoxy) is 1. The van der Waals surface area contributed by atoms with E-state index >= 15 is 0 Å². The Labute approximate surface area is 112 Å². The Morgan fingerprint density at radius 2 is 1.95 bits per heavy atom. The highest BCUT2D eigenvalue weighted by molar-refractivity contribution is 5.93. The van der Waals surface area contributed by atoms with Crippen LogP contribution in [0.3, 0.4) is 0 Å². The van der Waals surface area contributed by atoms with Crippen LogP contribution in [-0.2, 0) is 4.74 Å². The van der Waals surface area contributed by atoms with E-state index in [1.54, 1.807) is 4.57 Å². The molecular formula is C14H11F2NO3. The minimum atomic E-state index is -1.11. The molecule has 0 spiro atoms. The lowest BCUT2D eigenvalue weighted by Gasteiger charge is -2.12. The standard InChI is InChI=1S/C14H11F2NO3/c1-20-14(19)9-6-17(7-2-3-7)12-5-11(16)10(15)4-8(12)13(9)18/h4-7H,2-3H2,1H3. The number of esters is 1. The minimum absolute atomic E-state index is 0.0151. The van der Waals surface area contributed by atoms with Crippen molar-refractivity contribution in [2.24, 2.45) is 0 Å². The molecule has 1 fully saturated rings. The number of benzene rings is 1. The predicted molar refractivity (Wildman–Crippen MR) is 67.7 cm³/mol. The second-order valence-electron chi connectivity index (χ2n) is 4.79. The topological polar surface area (TPSA) is 48.3 Å². The van der Waals surface area contributed by atoms with Gasteiger partial charge in [0, 0.05) is 23.7 Å². The number of halogens is 2. The molecule has 1 aliphatic carbocycles. The van der Waals surface area contributed by atoms with Crippen LogP contribution in [0.25, 0.3) is 10.9 Å². The zero-order valence-corrected chi connectivity index (χ0v) is 10.7. The first-order valence-corrected chi connectivity index (χ1v) is 6.15. The van der Waals surface area contributed by atoms with Gasteiger partial charge in [-0.15, -0.1) is 0 Å². The number of carbonyl (C=O) groups excluding carboxylic acids is 1. The SMILES string of the molecule is COC(=O)c1cn(C2CC2)c2cc(F)c(F)cc2c1=O. The lowest BCUT2D eigenvalue weighted by atomic mass is 10.1. The van der Waals surface area contributed by atoms with E-state index in [-0.39, 0.29) is 17.0 Å². The van der Waals surface area contributed by atoms with E-state index in [1.165, 1.54) is 13.3 Å². The Balaban J connectivity index is 2.40. The number of carbonyl (C=O) groups is 1. The lowest BCUT2D eigenvalue weighted by molar-refractivity contribution is 0.0598. The molecule has 20 heavy (non-hydrogen) atoms. The predicted octanol–water partition coefficient (Wildman–Crippen LogP) is 2.40. The van der Waals surface area contributed by atoms with E-state index in [4.69, 9.17) is 0 Å². The number of methoxy groups -OCH3 is 1. The summed E-state index contributed by atoms with van der Waals surface area (Å²) in [6.07, 6.45) is 3.11. The summed E-state index contributed by atoms with van der Waals surface area (Å²) in [5, 5.41) is -0.0151. The van der Waals surface area contributed by atoms with E-state index in [0.717, 1.165) is 25.0 Å². The molecule has 2 aromatic rings. The summed E-state index contributed by atoms with van der Waals surface area (Å²) in [6, 6.07) is 1.93. The van der Waals surface area contributed by atoms with Gasteiger partial charge < -0.3 is 9.30 Å². The Hall–Kier alpha value is -2.24. The fourth-order valence-corrected chi connectivity index (χ4v) is 2.25. The average Bonchev–Trinajstić information content (AvgIpc) is 3.25. The van der Waals surface area contributed by atoms with Crippen molar-refractivity contribution < 1.29 is 18.3 Å². The van der Waals surface area contributed by atoms with Gasteiger partial charge in [-0.2, -0.15) is 0 Å². The van der Waals surface area contributed by atoms with Gasteiger partial charge in [-0.1, -0.05) is 0 Å². The number of nitrogens with zero attached hydrogens (tertiary/aromatic N) is 1. The van der Waals surface area contributed by atoms with Crippen molar-refractivity contribution in [3.8, 4) is 0 Å². The van der Waals surface area contributed by atoms with Crippen molar-refractivity contribution in [2.45, 2.75) is 18.9 Å². The fourth-order valence-electron chi connectivity index (χ4n) is 2.25. The maximum absolute atomic E-state index is 13.4. The van der Waals surface area contributed by atoms with Crippen LogP contribution in [0.4, 0.5) is 8.78 Å². The number of aromatic nitrogens is 1. The Morgan fingerprint density at radius 3 is 2.55 bits per heavy atom. The quantitative estimate of drug-likeness (QED) is 0.793. The largest absolute Gasteiger partial charge is 0.465 e. The number of pyridine rings is 1. The van der Waals surface area contributed by atoms with Gasteiger partial charge in [-0.25, -0.2) is 13.6 Å². The maximum Gasteiger partial charge on any atom is 0.343 e. The molecule has 1 aromatic carbocycles. The van der Waals surface area contributed by atoms with Crippen LogP contribution < -0.4 is 5.43 Å². The summed E-state index contributed by atoms with van der Waals surface area (Å²) in [5.41, 5.74) is -0.524. The molecule has 0 amide bonds. The zero-order chi connectivity index (χ0) is 14.4. The first kappa shape index (κ1) is 12.8. The van der Waals surface area contributed by atoms with Crippen LogP contribution in [-0.4, -0.2) is 17.6 Å². The van der Waals surface area contributed by atoms with Crippen molar-refractivity contribution in [2.75, 3.05) is 7.11 Å². The highest BCUT2D eigenvalue weighted by Gasteiger charge is 2.27. The Morgan fingerprint density at radius 1 is 1.30 bits per heavy atom. The van der Waals surface area contributed by atoms with Crippen LogP contribution in [0.1, 0.15) is 29.2 Å². The van der Waals surface area contributed by atoms with Gasteiger partial charge in [-0.3, -0.25) is 4.79 Å². The normalized spacial score (nSPS) is 14.6. The molecule has 0 N–H and O–H groups in total. The molecule has 0 atom stereocenters. The first-order chi connectivity index (χ1) is 9.52. The van der Waals surface area contributed by atoms with Crippen LogP contribution in [0.15, 0.2) is 23.1 Å². The van der Waals surface area contributed by atoms with Gasteiger partial charge in [0.1, 0.15) is 5.56 Å². The van der Waals surface area contributed by atoms with Gasteiger partial charge in [0.05, 0.1) is 12.6 Å². The summed E-state index contributed by atoms with van der Waals surface area (Å²) in [6.45, 7) is 0. The van der Waals surface area contributed by atoms with Crippen LogP contribution in [0.5, 0.6) is 0 Å². The minimum Gasteiger partial charge on any atom is -0.465 e. The molecule has 3 rings (SSSR count). The van der Waals surface area contributed by atoms with E-state index < -0.39 is 23.0 Å². The van der Waals surface area contributed by atoms with E-state index in [0.29, 0.717) is 5.52 Å². The molecule has 1 aliphatic rings. The van der Waals surface area contributed by atoms with Crippen LogP contribution >= 0.6 is 0 Å². The lowest BCUT2D eigenvalue weighted by Crippen LogP contribution is -2.20. The van der Waals surface area contributed by atoms with Crippen LogP contribution in [0.2, 0.25) is 0 Å². The Kier molecular flexibility index (Phi) is 2.81. The number of rotatable bonds is 2. The summed E-state index contributed by atoms with van der Waals surface area (Å²) < 4.78 is 32.9. The molecule has 0 aliphatic heterocycles. The van der Waals surface area contributed by atoms with Gasteiger partial charge in [0.25, 0.3) is 0 Å². The molecule has 0 radical (unpaired) electrons. The molecule has 1 heterocycles. The third kappa shape index (κ3) is 1.88. The Bertz CT molecular complexity index is 778. The molecule has 104 valence electrons. The van der Waals surface area contributed by atoms with Crippen molar-refractivity contribution in [3.05, 3.63) is 45.8 Å². The molecular weight excluding hydrogens is 268 g/mol. The van der Waals surface area contributed by atoms with Crippen molar-refractivity contribution in [3.63, 3.8) is 0 Å². The van der Waals surface area contributed by atoms with Gasteiger partial charge in [0.2, 0.25) is 5.43 Å². The second kappa shape index (κ2) is 4.40. The molecule has 0 bridgehead atoms. The van der Waals surface area contributed by atoms with Crippen molar-refractivity contribution in [1.82, 2.24) is 4.57 Å². The van der Waals surface area contributed by atoms with Crippen LogP contribution in [0, 0.1) is 11.6 Å². The van der Waals surface area contributed by atoms with Crippen molar-refractivity contribution in [1.29, 1.82) is 0 Å². The van der Waals surface area contributed by atoms with Gasteiger partial charge in [-0.05, 0) is 18.9 Å². The summed E-state index contributed by atoms with van der Waals surface area (Å²) in [7, 11) is 1.17. The van der Waals surface area contributed by atoms with Crippen molar-refractivity contribution >= 4 is 16.9 Å². The number of fused-ring (bicyclic) bond motifs is 1. The number of hydrogen-bond acceptors (Lipinski definition) is 3. The third-order valence-electron chi connectivity index (χ3n) is 3.42. The summed E-state index contributed by atoms with van der Waals surface area (Å²) in [5.74, 6) is -2.91. The number of hydrogen-bond donors (Lipinski definition) is 0. The molecule has 4 nitrogen and oxygen atoms in total. The summed E-state index contributed by atoms with van der Waals surface area (Å²) >= 11 is 0. The third-order valence-corrected chi connectivity index (χ3v) is 3.42. The molecule has 1 saturated carbocycles. The zero-order valence-electron chi connectivity index (χ0n) is 10.7. The molecule has 0 unspecified atom stereocenters. The highest BCUT2D eigenvalue weighted by atomic mass is 19.2. The monoisotopic (exact) mass is 279 g/mol. The molecule has 0 saturated heterocycles. The second-order valence-corrected chi connectivity index (χ2v) is 4.79.